The zero-order valence-electron chi connectivity index (χ0n) is 10.5. The zero-order valence-corrected chi connectivity index (χ0v) is 10.5. The van der Waals surface area contributed by atoms with Crippen LogP contribution in [0.15, 0.2) is 10.2 Å². The van der Waals surface area contributed by atoms with E-state index in [9.17, 15) is 0 Å². The largest absolute Gasteiger partial charge is 0.196 e. The maximum Gasteiger partial charge on any atom is 0.164 e. The monoisotopic (exact) mass is 208 g/mol. The summed E-state index contributed by atoms with van der Waals surface area (Å²) in [7, 11) is 0. The Labute approximate surface area is 92.6 Å². The molecule has 0 rings (SSSR count). The summed E-state index contributed by atoms with van der Waals surface area (Å²) in [5, 5.41) is 25.1. The molecule has 0 N–H and O–H groups in total. The topological polar surface area (TPSA) is 72.3 Å². The molecule has 0 spiro atoms. The van der Waals surface area contributed by atoms with Crippen LogP contribution in [0, 0.1) is 22.7 Å². The van der Waals surface area contributed by atoms with E-state index < -0.39 is 11.1 Å². The van der Waals surface area contributed by atoms with Crippen molar-refractivity contribution in [3.8, 4) is 12.1 Å². The lowest BCUT2D eigenvalue weighted by Gasteiger charge is -2.14. The number of azo groups is 1. The first-order chi connectivity index (χ1) is 6.89. The van der Waals surface area contributed by atoms with Crippen molar-refractivity contribution in [1.29, 1.82) is 10.5 Å². The van der Waals surface area contributed by atoms with Crippen LogP contribution in [0.25, 0.3) is 0 Å². The molecule has 4 heteroatoms. The van der Waals surface area contributed by atoms with E-state index in [2.05, 4.69) is 16.3 Å². The average Bonchev–Trinajstić information content (AvgIpc) is 2.29. The van der Waals surface area contributed by atoms with Gasteiger partial charge in [-0.1, -0.05) is 20.8 Å². The standard InChI is InChI=1S/C9H14N4.C2H6/c1-5-9(4,7-11)13-12-8(2,3)6-10;1-2/h5H2,1-4H3;1-2H3. The maximum absolute atomic E-state index is 8.77. The SMILES string of the molecule is CC.CCC(C)(C#N)N=NC(C)(C)C#N. The third-order valence-electron chi connectivity index (χ3n) is 1.72. The Balaban J connectivity index is 0. The van der Waals surface area contributed by atoms with Gasteiger partial charge >= 0.3 is 0 Å². The van der Waals surface area contributed by atoms with E-state index >= 15 is 0 Å². The molecule has 0 heterocycles. The van der Waals surface area contributed by atoms with Gasteiger partial charge in [0.15, 0.2) is 11.1 Å². The average molecular weight is 208 g/mol. The van der Waals surface area contributed by atoms with Gasteiger partial charge in [0.2, 0.25) is 0 Å². The van der Waals surface area contributed by atoms with Crippen molar-refractivity contribution in [2.24, 2.45) is 10.2 Å². The highest BCUT2D eigenvalue weighted by atomic mass is 15.2. The minimum atomic E-state index is -0.840. The van der Waals surface area contributed by atoms with E-state index in [1.165, 1.54) is 0 Å². The van der Waals surface area contributed by atoms with Crippen molar-refractivity contribution in [2.45, 2.75) is 59.0 Å². The molecule has 0 aliphatic carbocycles. The van der Waals surface area contributed by atoms with Gasteiger partial charge in [-0.3, -0.25) is 0 Å². The minimum absolute atomic E-state index is 0.592. The number of nitriles is 2. The minimum Gasteiger partial charge on any atom is -0.196 e. The zero-order chi connectivity index (χ0) is 12.5. The van der Waals surface area contributed by atoms with Crippen molar-refractivity contribution in [1.82, 2.24) is 0 Å². The van der Waals surface area contributed by atoms with Crippen LogP contribution in [-0.2, 0) is 0 Å². The van der Waals surface area contributed by atoms with Gasteiger partial charge in [0.05, 0.1) is 12.1 Å². The second-order valence-electron chi connectivity index (χ2n) is 3.61. The molecule has 4 nitrogen and oxygen atoms in total. The number of nitrogens with zero attached hydrogens (tertiary/aromatic N) is 4. The fourth-order valence-corrected chi connectivity index (χ4v) is 0.430. The predicted octanol–water partition coefficient (Wildman–Crippen LogP) is 3.46. The molecule has 84 valence electrons. The molecule has 0 radical (unpaired) electrons. The lowest BCUT2D eigenvalue weighted by Crippen LogP contribution is -2.20. The van der Waals surface area contributed by atoms with E-state index in [0.29, 0.717) is 6.42 Å². The van der Waals surface area contributed by atoms with E-state index in [4.69, 9.17) is 10.5 Å². The summed E-state index contributed by atoms with van der Waals surface area (Å²) in [6.07, 6.45) is 0.592. The number of hydrogen-bond acceptors (Lipinski definition) is 4. The van der Waals surface area contributed by atoms with Crippen molar-refractivity contribution in [2.75, 3.05) is 0 Å². The van der Waals surface area contributed by atoms with Crippen molar-refractivity contribution in [3.05, 3.63) is 0 Å². The first-order valence-corrected chi connectivity index (χ1v) is 5.16. The molecule has 1 unspecified atom stereocenters. The summed E-state index contributed by atoms with van der Waals surface area (Å²) in [4.78, 5) is 0. The molecule has 0 aromatic heterocycles. The van der Waals surface area contributed by atoms with Gasteiger partial charge in [0, 0.05) is 0 Å². The van der Waals surface area contributed by atoms with E-state index in [-0.39, 0.29) is 0 Å². The lowest BCUT2D eigenvalue weighted by atomic mass is 10.0. The molecule has 0 amide bonds. The highest BCUT2D eigenvalue weighted by molar-refractivity contribution is 5.05. The molecule has 0 bridgehead atoms. The Bertz CT molecular complexity index is 280. The summed E-state index contributed by atoms with van der Waals surface area (Å²) in [6, 6.07) is 4.05. The van der Waals surface area contributed by atoms with Gasteiger partial charge in [-0.15, -0.1) is 0 Å². The first kappa shape index (κ1) is 16.0. The Morgan fingerprint density at radius 1 is 1.00 bits per heavy atom. The van der Waals surface area contributed by atoms with Crippen LogP contribution < -0.4 is 0 Å². The Morgan fingerprint density at radius 2 is 1.47 bits per heavy atom. The summed E-state index contributed by atoms with van der Waals surface area (Å²) in [5.74, 6) is 0. The smallest absolute Gasteiger partial charge is 0.164 e. The highest BCUT2D eigenvalue weighted by Gasteiger charge is 2.23. The second kappa shape index (κ2) is 6.95. The van der Waals surface area contributed by atoms with Gasteiger partial charge < -0.3 is 0 Å². The van der Waals surface area contributed by atoms with Gasteiger partial charge in [0.1, 0.15) is 0 Å². The highest BCUT2D eigenvalue weighted by Crippen LogP contribution is 2.17. The fourth-order valence-electron chi connectivity index (χ4n) is 0.430. The van der Waals surface area contributed by atoms with Gasteiger partial charge in [-0.05, 0) is 27.2 Å². The maximum atomic E-state index is 8.77. The normalized spacial score (nSPS) is 14.4. The summed E-state index contributed by atoms with van der Waals surface area (Å²) >= 11 is 0. The lowest BCUT2D eigenvalue weighted by molar-refractivity contribution is 0.499. The van der Waals surface area contributed by atoms with E-state index in [1.807, 2.05) is 26.8 Å². The van der Waals surface area contributed by atoms with Crippen LogP contribution in [0.5, 0.6) is 0 Å². The quantitative estimate of drug-likeness (QED) is 0.666. The predicted molar refractivity (Wildman–Crippen MR) is 60.2 cm³/mol. The van der Waals surface area contributed by atoms with Gasteiger partial charge in [-0.25, -0.2) is 0 Å². The summed E-state index contributed by atoms with van der Waals surface area (Å²) in [6.45, 7) is 10.9. The molecule has 0 aliphatic rings. The third kappa shape index (κ3) is 6.62. The van der Waals surface area contributed by atoms with Crippen LogP contribution in [0.4, 0.5) is 0 Å². The van der Waals surface area contributed by atoms with E-state index in [1.54, 1.807) is 20.8 Å². The van der Waals surface area contributed by atoms with E-state index in [0.717, 1.165) is 0 Å². The fraction of sp³-hybridized carbons (Fsp3) is 0.818. The Morgan fingerprint density at radius 3 is 1.73 bits per heavy atom. The van der Waals surface area contributed by atoms with Crippen LogP contribution in [0.1, 0.15) is 48.0 Å². The molecule has 0 fully saturated rings. The second-order valence-corrected chi connectivity index (χ2v) is 3.61. The molecule has 0 aromatic rings. The Hall–Kier alpha value is -1.42. The summed E-state index contributed by atoms with van der Waals surface area (Å²) in [5.41, 5.74) is -1.64. The first-order valence-electron chi connectivity index (χ1n) is 5.16. The Kier molecular flexibility index (Phi) is 7.43. The molecule has 15 heavy (non-hydrogen) atoms. The van der Waals surface area contributed by atoms with Gasteiger partial charge in [-0.2, -0.15) is 20.8 Å². The van der Waals surface area contributed by atoms with Crippen LogP contribution >= 0.6 is 0 Å². The molecule has 1 atom stereocenters. The van der Waals surface area contributed by atoms with Crippen LogP contribution in [-0.4, -0.2) is 11.1 Å². The molecule has 0 aromatic carbocycles. The van der Waals surface area contributed by atoms with Crippen LogP contribution in [0.2, 0.25) is 0 Å². The third-order valence-corrected chi connectivity index (χ3v) is 1.72. The molecule has 0 saturated carbocycles. The van der Waals surface area contributed by atoms with Crippen molar-refractivity contribution < 1.29 is 0 Å². The molecule has 0 aliphatic heterocycles. The number of hydrogen-bond donors (Lipinski definition) is 0. The molecule has 0 saturated heterocycles. The van der Waals surface area contributed by atoms with Crippen molar-refractivity contribution >= 4 is 0 Å². The number of rotatable bonds is 3. The van der Waals surface area contributed by atoms with Crippen molar-refractivity contribution in [3.63, 3.8) is 0 Å². The summed E-state index contributed by atoms with van der Waals surface area (Å²) < 4.78 is 0. The van der Waals surface area contributed by atoms with Crippen LogP contribution in [0.3, 0.4) is 0 Å². The molecular formula is C11H20N4. The van der Waals surface area contributed by atoms with Gasteiger partial charge in [0.25, 0.3) is 0 Å². The molecular weight excluding hydrogens is 188 g/mol.